The maximum absolute atomic E-state index is 5.23. The number of fused-ring (bicyclic) bond motifs is 1. The number of hydrogen-bond donors (Lipinski definition) is 0. The Kier molecular flexibility index (Phi) is 2.88. The van der Waals surface area contributed by atoms with Gasteiger partial charge in [-0.25, -0.2) is 4.98 Å². The molecule has 0 spiro atoms. The molecule has 2 heteroatoms. The van der Waals surface area contributed by atoms with Gasteiger partial charge in [0.05, 0.1) is 12.0 Å². The van der Waals surface area contributed by atoms with Crippen molar-refractivity contribution in [3.8, 4) is 12.3 Å². The minimum absolute atomic E-state index is 0.868. The molecular weight excluding hydrogens is 172 g/mol. The second-order valence-corrected chi connectivity index (χ2v) is 3.85. The molecule has 0 radical (unpaired) electrons. The van der Waals surface area contributed by atoms with Gasteiger partial charge in [0.2, 0.25) is 0 Å². The lowest BCUT2D eigenvalue weighted by molar-refractivity contribution is 0.587. The largest absolute Gasteiger partial charge is 0.334 e. The van der Waals surface area contributed by atoms with Crippen LogP contribution in [0.4, 0.5) is 0 Å². The molecule has 0 unspecified atom stereocenters. The molecule has 0 aliphatic heterocycles. The summed E-state index contributed by atoms with van der Waals surface area (Å²) in [5.41, 5.74) is 2.77. The molecule has 1 aromatic rings. The highest BCUT2D eigenvalue weighted by Crippen LogP contribution is 2.19. The predicted molar refractivity (Wildman–Crippen MR) is 56.9 cm³/mol. The molecule has 74 valence electrons. The SMILES string of the molecule is C#CCCCn1cnc2c1CCCC2. The first-order chi connectivity index (χ1) is 6.92. The second kappa shape index (κ2) is 4.32. The van der Waals surface area contributed by atoms with E-state index in [9.17, 15) is 0 Å². The van der Waals surface area contributed by atoms with Crippen LogP contribution >= 0.6 is 0 Å². The summed E-state index contributed by atoms with van der Waals surface area (Å²) in [5.74, 6) is 2.68. The third-order valence-corrected chi connectivity index (χ3v) is 2.83. The van der Waals surface area contributed by atoms with E-state index in [4.69, 9.17) is 6.42 Å². The zero-order valence-corrected chi connectivity index (χ0v) is 8.50. The first-order valence-corrected chi connectivity index (χ1v) is 5.38. The number of unbranched alkanes of at least 4 members (excludes halogenated alkanes) is 1. The third kappa shape index (κ3) is 1.82. The predicted octanol–water partition coefficient (Wildman–Crippen LogP) is 2.18. The van der Waals surface area contributed by atoms with E-state index in [0.717, 1.165) is 25.8 Å². The van der Waals surface area contributed by atoms with Gasteiger partial charge in [0, 0.05) is 18.7 Å². The lowest BCUT2D eigenvalue weighted by Crippen LogP contribution is -2.08. The molecule has 2 nitrogen and oxygen atoms in total. The maximum atomic E-state index is 5.23. The molecule has 0 aromatic carbocycles. The molecule has 0 saturated carbocycles. The van der Waals surface area contributed by atoms with Gasteiger partial charge in [-0.1, -0.05) is 0 Å². The Morgan fingerprint density at radius 3 is 3.14 bits per heavy atom. The average Bonchev–Trinajstić information content (AvgIpc) is 2.63. The van der Waals surface area contributed by atoms with Gasteiger partial charge in [-0.3, -0.25) is 0 Å². The molecule has 1 heterocycles. The number of aromatic nitrogens is 2. The smallest absolute Gasteiger partial charge is 0.0951 e. The summed E-state index contributed by atoms with van der Waals surface area (Å²) in [6, 6.07) is 0. The molecule has 0 bridgehead atoms. The molecule has 1 aliphatic carbocycles. The fourth-order valence-corrected chi connectivity index (χ4v) is 2.08. The van der Waals surface area contributed by atoms with Crippen molar-refractivity contribution in [1.82, 2.24) is 9.55 Å². The summed E-state index contributed by atoms with van der Waals surface area (Å²) in [6.45, 7) is 1.03. The van der Waals surface area contributed by atoms with E-state index in [2.05, 4.69) is 15.5 Å². The van der Waals surface area contributed by atoms with Crippen LogP contribution in [0.5, 0.6) is 0 Å². The van der Waals surface area contributed by atoms with Gasteiger partial charge in [0.1, 0.15) is 0 Å². The van der Waals surface area contributed by atoms with Gasteiger partial charge in [-0.05, 0) is 32.1 Å². The molecule has 1 aliphatic rings. The lowest BCUT2D eigenvalue weighted by Gasteiger charge is -2.13. The van der Waals surface area contributed by atoms with E-state index in [1.807, 2.05) is 6.33 Å². The van der Waals surface area contributed by atoms with Crippen molar-refractivity contribution in [1.29, 1.82) is 0 Å². The molecule has 2 rings (SSSR count). The molecular formula is C12H16N2. The molecule has 0 atom stereocenters. The van der Waals surface area contributed by atoms with Gasteiger partial charge in [0.25, 0.3) is 0 Å². The monoisotopic (exact) mass is 188 g/mol. The fraction of sp³-hybridized carbons (Fsp3) is 0.583. The average molecular weight is 188 g/mol. The number of hydrogen-bond acceptors (Lipinski definition) is 1. The van der Waals surface area contributed by atoms with Gasteiger partial charge in [-0.15, -0.1) is 12.3 Å². The van der Waals surface area contributed by atoms with E-state index < -0.39 is 0 Å². The van der Waals surface area contributed by atoms with E-state index in [1.54, 1.807) is 0 Å². The number of rotatable bonds is 3. The van der Waals surface area contributed by atoms with Crippen molar-refractivity contribution in [2.45, 2.75) is 45.1 Å². The number of terminal acetylenes is 1. The molecule has 0 fully saturated rings. The van der Waals surface area contributed by atoms with Crippen molar-refractivity contribution >= 4 is 0 Å². The standard InChI is InChI=1S/C12H16N2/c1-2-3-6-9-14-10-13-11-7-4-5-8-12(11)14/h1,10H,3-9H2. The van der Waals surface area contributed by atoms with Gasteiger partial charge in [-0.2, -0.15) is 0 Å². The Hall–Kier alpha value is -1.23. The Morgan fingerprint density at radius 2 is 2.29 bits per heavy atom. The zero-order chi connectivity index (χ0) is 9.80. The van der Waals surface area contributed by atoms with Crippen LogP contribution in [-0.2, 0) is 19.4 Å². The van der Waals surface area contributed by atoms with E-state index >= 15 is 0 Å². The Morgan fingerprint density at radius 1 is 1.43 bits per heavy atom. The van der Waals surface area contributed by atoms with E-state index in [0.29, 0.717) is 0 Å². The summed E-state index contributed by atoms with van der Waals surface area (Å²) < 4.78 is 2.28. The molecule has 1 aromatic heterocycles. The molecule has 14 heavy (non-hydrogen) atoms. The van der Waals surface area contributed by atoms with Gasteiger partial charge >= 0.3 is 0 Å². The number of imidazole rings is 1. The van der Waals surface area contributed by atoms with Crippen LogP contribution in [-0.4, -0.2) is 9.55 Å². The Labute approximate surface area is 85.3 Å². The minimum atomic E-state index is 0.868. The summed E-state index contributed by atoms with van der Waals surface area (Å²) in [7, 11) is 0. The zero-order valence-electron chi connectivity index (χ0n) is 8.50. The molecule has 0 amide bonds. The Balaban J connectivity index is 2.04. The highest BCUT2D eigenvalue weighted by molar-refractivity contribution is 5.16. The summed E-state index contributed by atoms with van der Waals surface area (Å²) >= 11 is 0. The van der Waals surface area contributed by atoms with Crippen LogP contribution in [0.3, 0.4) is 0 Å². The highest BCUT2D eigenvalue weighted by atomic mass is 15.1. The first kappa shape index (κ1) is 9.33. The van der Waals surface area contributed by atoms with Gasteiger partial charge < -0.3 is 4.57 Å². The van der Waals surface area contributed by atoms with Crippen LogP contribution in [0.1, 0.15) is 37.1 Å². The van der Waals surface area contributed by atoms with Crippen molar-refractivity contribution in [3.05, 3.63) is 17.7 Å². The van der Waals surface area contributed by atoms with E-state index in [1.165, 1.54) is 30.7 Å². The topological polar surface area (TPSA) is 17.8 Å². The normalized spacial score (nSPS) is 14.8. The van der Waals surface area contributed by atoms with Crippen molar-refractivity contribution in [2.75, 3.05) is 0 Å². The third-order valence-electron chi connectivity index (χ3n) is 2.83. The quantitative estimate of drug-likeness (QED) is 0.525. The van der Waals surface area contributed by atoms with E-state index in [-0.39, 0.29) is 0 Å². The lowest BCUT2D eigenvalue weighted by atomic mass is 10.0. The highest BCUT2D eigenvalue weighted by Gasteiger charge is 2.14. The molecule has 0 N–H and O–H groups in total. The Bertz CT molecular complexity index is 344. The van der Waals surface area contributed by atoms with Crippen LogP contribution in [0.2, 0.25) is 0 Å². The van der Waals surface area contributed by atoms with Crippen LogP contribution in [0, 0.1) is 12.3 Å². The van der Waals surface area contributed by atoms with Gasteiger partial charge in [0.15, 0.2) is 0 Å². The number of aryl methyl sites for hydroxylation is 2. The molecule has 0 saturated heterocycles. The van der Waals surface area contributed by atoms with Crippen LogP contribution in [0.15, 0.2) is 6.33 Å². The first-order valence-electron chi connectivity index (χ1n) is 5.38. The van der Waals surface area contributed by atoms with Crippen LogP contribution < -0.4 is 0 Å². The summed E-state index contributed by atoms with van der Waals surface area (Å²) in [5, 5.41) is 0. The summed E-state index contributed by atoms with van der Waals surface area (Å²) in [6.07, 6.45) is 14.1. The minimum Gasteiger partial charge on any atom is -0.334 e. The summed E-state index contributed by atoms with van der Waals surface area (Å²) in [4.78, 5) is 4.45. The van der Waals surface area contributed by atoms with Crippen molar-refractivity contribution in [2.24, 2.45) is 0 Å². The van der Waals surface area contributed by atoms with Crippen molar-refractivity contribution in [3.63, 3.8) is 0 Å². The van der Waals surface area contributed by atoms with Crippen molar-refractivity contribution < 1.29 is 0 Å². The fourth-order valence-electron chi connectivity index (χ4n) is 2.08. The maximum Gasteiger partial charge on any atom is 0.0951 e. The second-order valence-electron chi connectivity index (χ2n) is 3.85. The number of nitrogens with zero attached hydrogens (tertiary/aromatic N) is 2. The van der Waals surface area contributed by atoms with Crippen LogP contribution in [0.25, 0.3) is 0 Å².